The molecule has 0 fully saturated rings. The van der Waals surface area contributed by atoms with E-state index in [9.17, 15) is 9.59 Å². The Labute approximate surface area is 164 Å². The Morgan fingerprint density at radius 2 is 1.81 bits per heavy atom. The van der Waals surface area contributed by atoms with Gasteiger partial charge in [-0.2, -0.15) is 0 Å². The van der Waals surface area contributed by atoms with Crippen molar-refractivity contribution in [1.82, 2.24) is 10.2 Å². The Bertz CT molecular complexity index is 808. The highest BCUT2D eigenvalue weighted by atomic mass is 35.5. The van der Waals surface area contributed by atoms with Crippen molar-refractivity contribution < 1.29 is 9.59 Å². The van der Waals surface area contributed by atoms with Crippen LogP contribution < -0.4 is 5.32 Å². The molecule has 0 aliphatic heterocycles. The fourth-order valence-corrected chi connectivity index (χ4v) is 3.17. The van der Waals surface area contributed by atoms with Crippen LogP contribution >= 0.6 is 23.2 Å². The zero-order valence-electron chi connectivity index (χ0n) is 15.1. The molecule has 2 amide bonds. The SMILES string of the molecule is CNC(=O)[C@@H](C)N(Cc1ccc(Cl)cc1Cl)C(=O)Cc1ccccc1C. The Morgan fingerprint density at radius 3 is 2.42 bits per heavy atom. The number of nitrogens with zero attached hydrogens (tertiary/aromatic N) is 1. The number of likely N-dealkylation sites (N-methyl/N-ethyl adjacent to an activating group) is 1. The predicted molar refractivity (Wildman–Crippen MR) is 105 cm³/mol. The number of nitrogens with one attached hydrogen (secondary N) is 1. The first-order valence-corrected chi connectivity index (χ1v) is 9.08. The van der Waals surface area contributed by atoms with E-state index in [0.29, 0.717) is 10.0 Å². The van der Waals surface area contributed by atoms with E-state index in [1.807, 2.05) is 31.2 Å². The number of amides is 2. The number of halogens is 2. The number of benzene rings is 2. The fraction of sp³-hybridized carbons (Fsp3) is 0.300. The second-order valence-electron chi connectivity index (χ2n) is 6.15. The van der Waals surface area contributed by atoms with Gasteiger partial charge < -0.3 is 10.2 Å². The maximum atomic E-state index is 13.0. The third-order valence-electron chi connectivity index (χ3n) is 4.37. The maximum Gasteiger partial charge on any atom is 0.242 e. The minimum absolute atomic E-state index is 0.138. The zero-order chi connectivity index (χ0) is 19.3. The van der Waals surface area contributed by atoms with E-state index in [0.717, 1.165) is 16.7 Å². The molecule has 2 aromatic carbocycles. The van der Waals surface area contributed by atoms with E-state index in [2.05, 4.69) is 5.32 Å². The molecule has 6 heteroatoms. The molecule has 0 bridgehead atoms. The molecule has 1 N–H and O–H groups in total. The monoisotopic (exact) mass is 392 g/mol. The lowest BCUT2D eigenvalue weighted by Crippen LogP contribution is -2.47. The van der Waals surface area contributed by atoms with E-state index in [1.165, 1.54) is 0 Å². The number of hydrogen-bond acceptors (Lipinski definition) is 2. The minimum Gasteiger partial charge on any atom is -0.357 e. The van der Waals surface area contributed by atoms with E-state index >= 15 is 0 Å². The molecule has 0 aliphatic rings. The summed E-state index contributed by atoms with van der Waals surface area (Å²) in [5.74, 6) is -0.366. The average molecular weight is 393 g/mol. The van der Waals surface area contributed by atoms with Crippen LogP contribution in [0.5, 0.6) is 0 Å². The topological polar surface area (TPSA) is 49.4 Å². The van der Waals surface area contributed by atoms with Crippen LogP contribution in [0.25, 0.3) is 0 Å². The molecule has 0 spiro atoms. The van der Waals surface area contributed by atoms with Crippen LogP contribution in [-0.2, 0) is 22.6 Å². The summed E-state index contributed by atoms with van der Waals surface area (Å²) in [7, 11) is 1.55. The number of aryl methyl sites for hydroxylation is 1. The van der Waals surface area contributed by atoms with Crippen LogP contribution in [0.2, 0.25) is 10.0 Å². The Hall–Kier alpha value is -2.04. The number of hydrogen-bond donors (Lipinski definition) is 1. The minimum atomic E-state index is -0.622. The van der Waals surface area contributed by atoms with Gasteiger partial charge in [0.2, 0.25) is 11.8 Å². The van der Waals surface area contributed by atoms with Crippen molar-refractivity contribution in [3.8, 4) is 0 Å². The number of rotatable bonds is 6. The molecule has 0 heterocycles. The standard InChI is InChI=1S/C20H22Cl2N2O2/c1-13-6-4-5-7-15(13)10-19(25)24(14(2)20(26)23-3)12-16-8-9-17(21)11-18(16)22/h4-9,11,14H,10,12H2,1-3H3,(H,23,26)/t14-/m1/s1. The van der Waals surface area contributed by atoms with Crippen molar-refractivity contribution in [2.45, 2.75) is 32.9 Å². The molecule has 26 heavy (non-hydrogen) atoms. The lowest BCUT2D eigenvalue weighted by molar-refractivity contribution is -0.139. The highest BCUT2D eigenvalue weighted by molar-refractivity contribution is 6.35. The van der Waals surface area contributed by atoms with E-state index in [-0.39, 0.29) is 24.8 Å². The van der Waals surface area contributed by atoms with Gasteiger partial charge in [-0.25, -0.2) is 0 Å². The van der Waals surface area contributed by atoms with Gasteiger partial charge in [0.1, 0.15) is 6.04 Å². The third kappa shape index (κ3) is 4.99. The summed E-state index contributed by atoms with van der Waals surface area (Å²) in [5.41, 5.74) is 2.72. The lowest BCUT2D eigenvalue weighted by atomic mass is 10.0. The molecule has 0 saturated heterocycles. The first kappa shape index (κ1) is 20.3. The van der Waals surface area contributed by atoms with Crippen molar-refractivity contribution in [3.63, 3.8) is 0 Å². The van der Waals surface area contributed by atoms with Crippen molar-refractivity contribution >= 4 is 35.0 Å². The van der Waals surface area contributed by atoms with Gasteiger partial charge in [-0.3, -0.25) is 9.59 Å². The molecule has 1 atom stereocenters. The number of carbonyl (C=O) groups excluding carboxylic acids is 2. The molecule has 2 rings (SSSR count). The highest BCUT2D eigenvalue weighted by Crippen LogP contribution is 2.23. The molecule has 0 aliphatic carbocycles. The normalized spacial score (nSPS) is 11.7. The molecule has 0 radical (unpaired) electrons. The van der Waals surface area contributed by atoms with Crippen molar-refractivity contribution in [1.29, 1.82) is 0 Å². The van der Waals surface area contributed by atoms with E-state index in [4.69, 9.17) is 23.2 Å². The summed E-state index contributed by atoms with van der Waals surface area (Å²) in [6, 6.07) is 12.2. The molecule has 4 nitrogen and oxygen atoms in total. The van der Waals surface area contributed by atoms with Gasteiger partial charge in [-0.05, 0) is 42.7 Å². The summed E-state index contributed by atoms with van der Waals surface area (Å²) in [5, 5.41) is 3.59. The van der Waals surface area contributed by atoms with Gasteiger partial charge in [0.25, 0.3) is 0 Å². The summed E-state index contributed by atoms with van der Waals surface area (Å²) < 4.78 is 0. The molecular formula is C20H22Cl2N2O2. The van der Waals surface area contributed by atoms with Crippen molar-refractivity contribution in [2.24, 2.45) is 0 Å². The van der Waals surface area contributed by atoms with Crippen LogP contribution in [0.3, 0.4) is 0 Å². The summed E-state index contributed by atoms with van der Waals surface area (Å²) in [6.45, 7) is 3.90. The summed E-state index contributed by atoms with van der Waals surface area (Å²) in [4.78, 5) is 26.7. The van der Waals surface area contributed by atoms with Gasteiger partial charge in [-0.1, -0.05) is 53.5 Å². The van der Waals surface area contributed by atoms with Gasteiger partial charge in [0, 0.05) is 23.6 Å². The van der Waals surface area contributed by atoms with Crippen LogP contribution in [0.15, 0.2) is 42.5 Å². The molecule has 2 aromatic rings. The van der Waals surface area contributed by atoms with Gasteiger partial charge in [0.15, 0.2) is 0 Å². The van der Waals surface area contributed by atoms with Crippen LogP contribution in [0.1, 0.15) is 23.6 Å². The fourth-order valence-electron chi connectivity index (χ4n) is 2.70. The molecule has 0 saturated carbocycles. The average Bonchev–Trinajstić information content (AvgIpc) is 2.61. The Morgan fingerprint density at radius 1 is 1.12 bits per heavy atom. The van der Waals surface area contributed by atoms with Crippen molar-refractivity contribution in [2.75, 3.05) is 7.05 Å². The Kier molecular flexibility index (Phi) is 7.06. The predicted octanol–water partition coefficient (Wildman–Crippen LogP) is 4.01. The first-order valence-electron chi connectivity index (χ1n) is 8.33. The van der Waals surface area contributed by atoms with Gasteiger partial charge >= 0.3 is 0 Å². The summed E-state index contributed by atoms with van der Waals surface area (Å²) >= 11 is 12.2. The molecule has 0 aromatic heterocycles. The first-order chi connectivity index (χ1) is 12.3. The van der Waals surface area contributed by atoms with Crippen LogP contribution in [0.4, 0.5) is 0 Å². The largest absolute Gasteiger partial charge is 0.357 e. The molecule has 138 valence electrons. The number of carbonyl (C=O) groups is 2. The quantitative estimate of drug-likeness (QED) is 0.806. The second kappa shape index (κ2) is 9.06. The third-order valence-corrected chi connectivity index (χ3v) is 4.96. The van der Waals surface area contributed by atoms with E-state index < -0.39 is 6.04 Å². The van der Waals surface area contributed by atoms with Crippen molar-refractivity contribution in [3.05, 3.63) is 69.2 Å². The van der Waals surface area contributed by atoms with Crippen LogP contribution in [0, 0.1) is 6.92 Å². The highest BCUT2D eigenvalue weighted by Gasteiger charge is 2.26. The molecule has 0 unspecified atom stereocenters. The van der Waals surface area contributed by atoms with Crippen LogP contribution in [-0.4, -0.2) is 29.8 Å². The summed E-state index contributed by atoms with van der Waals surface area (Å²) in [6.07, 6.45) is 0.221. The van der Waals surface area contributed by atoms with Gasteiger partial charge in [-0.15, -0.1) is 0 Å². The van der Waals surface area contributed by atoms with Gasteiger partial charge in [0.05, 0.1) is 6.42 Å². The maximum absolute atomic E-state index is 13.0. The zero-order valence-corrected chi connectivity index (χ0v) is 16.6. The second-order valence-corrected chi connectivity index (χ2v) is 6.99. The molecular weight excluding hydrogens is 371 g/mol. The van der Waals surface area contributed by atoms with E-state index in [1.54, 1.807) is 37.1 Å². The smallest absolute Gasteiger partial charge is 0.242 e. The lowest BCUT2D eigenvalue weighted by Gasteiger charge is -2.29. The Balaban J connectivity index is 2.29.